The number of benzene rings is 3. The van der Waals surface area contributed by atoms with Crippen LogP contribution in [0.2, 0.25) is 0 Å². The summed E-state index contributed by atoms with van der Waals surface area (Å²) < 4.78 is 11.3. The Balaban J connectivity index is 1.42. The number of carbonyl (C=O) groups excluding carboxylic acids is 1. The van der Waals surface area contributed by atoms with Crippen LogP contribution in [0.3, 0.4) is 0 Å². The van der Waals surface area contributed by atoms with E-state index in [9.17, 15) is 4.79 Å². The van der Waals surface area contributed by atoms with Gasteiger partial charge in [-0.05, 0) is 42.5 Å². The SMILES string of the molecule is COc1ccc(C(=O)N2CCN(c3ccccc3)CC2)cc1COc1ccccc1. The van der Waals surface area contributed by atoms with Gasteiger partial charge in [-0.3, -0.25) is 4.79 Å². The molecule has 30 heavy (non-hydrogen) atoms. The third kappa shape index (κ3) is 4.57. The molecule has 0 N–H and O–H groups in total. The van der Waals surface area contributed by atoms with Gasteiger partial charge >= 0.3 is 0 Å². The summed E-state index contributed by atoms with van der Waals surface area (Å²) in [5.41, 5.74) is 2.72. The van der Waals surface area contributed by atoms with E-state index in [1.807, 2.05) is 71.6 Å². The van der Waals surface area contributed by atoms with Crippen LogP contribution in [0.1, 0.15) is 15.9 Å². The Labute approximate surface area is 177 Å². The van der Waals surface area contributed by atoms with Crippen molar-refractivity contribution in [3.8, 4) is 11.5 Å². The maximum Gasteiger partial charge on any atom is 0.253 e. The van der Waals surface area contributed by atoms with Gasteiger partial charge in [0.05, 0.1) is 7.11 Å². The molecule has 1 amide bonds. The molecule has 1 aliphatic rings. The van der Waals surface area contributed by atoms with Crippen molar-refractivity contribution in [1.29, 1.82) is 0 Å². The number of amides is 1. The van der Waals surface area contributed by atoms with Crippen LogP contribution < -0.4 is 14.4 Å². The quantitative estimate of drug-likeness (QED) is 0.619. The number of rotatable bonds is 6. The Bertz CT molecular complexity index is 968. The summed E-state index contributed by atoms with van der Waals surface area (Å²) in [4.78, 5) is 17.3. The van der Waals surface area contributed by atoms with Crippen molar-refractivity contribution in [1.82, 2.24) is 4.90 Å². The van der Waals surface area contributed by atoms with E-state index in [0.29, 0.717) is 25.3 Å². The van der Waals surface area contributed by atoms with Crippen LogP contribution in [0.25, 0.3) is 0 Å². The van der Waals surface area contributed by atoms with Crippen molar-refractivity contribution in [3.63, 3.8) is 0 Å². The van der Waals surface area contributed by atoms with E-state index < -0.39 is 0 Å². The minimum Gasteiger partial charge on any atom is -0.496 e. The lowest BCUT2D eigenvalue weighted by molar-refractivity contribution is 0.0746. The number of hydrogen-bond donors (Lipinski definition) is 0. The van der Waals surface area contributed by atoms with E-state index in [4.69, 9.17) is 9.47 Å². The Hall–Kier alpha value is -3.47. The molecule has 1 fully saturated rings. The second-order valence-electron chi connectivity index (χ2n) is 7.24. The monoisotopic (exact) mass is 402 g/mol. The van der Waals surface area contributed by atoms with E-state index in [1.54, 1.807) is 7.11 Å². The fourth-order valence-electron chi connectivity index (χ4n) is 3.69. The molecule has 0 bridgehead atoms. The average Bonchev–Trinajstić information content (AvgIpc) is 2.83. The predicted molar refractivity (Wildman–Crippen MR) is 118 cm³/mol. The first-order chi connectivity index (χ1) is 14.7. The first kappa shape index (κ1) is 19.8. The third-order valence-electron chi connectivity index (χ3n) is 5.35. The van der Waals surface area contributed by atoms with Crippen LogP contribution in [0, 0.1) is 0 Å². The molecule has 0 spiro atoms. The summed E-state index contributed by atoms with van der Waals surface area (Å²) in [6.45, 7) is 3.41. The highest BCUT2D eigenvalue weighted by Gasteiger charge is 2.23. The van der Waals surface area contributed by atoms with Gasteiger partial charge in [0.1, 0.15) is 18.1 Å². The summed E-state index contributed by atoms with van der Waals surface area (Å²) in [7, 11) is 1.63. The van der Waals surface area contributed by atoms with Crippen molar-refractivity contribution in [3.05, 3.63) is 90.0 Å². The molecule has 1 aliphatic heterocycles. The molecule has 0 aromatic heterocycles. The third-order valence-corrected chi connectivity index (χ3v) is 5.35. The molecule has 5 heteroatoms. The Morgan fingerprint density at radius 1 is 0.867 bits per heavy atom. The molecule has 5 nitrogen and oxygen atoms in total. The highest BCUT2D eigenvalue weighted by Crippen LogP contribution is 2.24. The van der Waals surface area contributed by atoms with E-state index >= 15 is 0 Å². The van der Waals surface area contributed by atoms with Crippen LogP contribution >= 0.6 is 0 Å². The number of anilines is 1. The first-order valence-corrected chi connectivity index (χ1v) is 10.2. The van der Waals surface area contributed by atoms with Crippen LogP contribution in [0.4, 0.5) is 5.69 Å². The predicted octanol–water partition coefficient (Wildman–Crippen LogP) is 4.24. The lowest BCUT2D eigenvalue weighted by Gasteiger charge is -2.36. The standard InChI is InChI=1S/C25H26N2O3/c1-29-24-13-12-20(18-21(24)19-30-23-10-6-3-7-11-23)25(28)27-16-14-26(15-17-27)22-8-4-2-5-9-22/h2-13,18H,14-17,19H2,1H3. The number of carbonyl (C=O) groups is 1. The van der Waals surface area contributed by atoms with Crippen molar-refractivity contribution in [2.45, 2.75) is 6.61 Å². The minimum atomic E-state index is 0.0475. The van der Waals surface area contributed by atoms with Gasteiger partial charge in [0.2, 0.25) is 0 Å². The van der Waals surface area contributed by atoms with E-state index in [2.05, 4.69) is 17.0 Å². The number of piperazine rings is 1. The molecule has 4 rings (SSSR count). The van der Waals surface area contributed by atoms with Crippen molar-refractivity contribution in [2.24, 2.45) is 0 Å². The lowest BCUT2D eigenvalue weighted by Crippen LogP contribution is -2.48. The second kappa shape index (κ2) is 9.35. The average molecular weight is 402 g/mol. The fraction of sp³-hybridized carbons (Fsp3) is 0.240. The molecule has 0 unspecified atom stereocenters. The lowest BCUT2D eigenvalue weighted by atomic mass is 10.1. The summed E-state index contributed by atoms with van der Waals surface area (Å²) in [6, 6.07) is 25.5. The number of ether oxygens (including phenoxy) is 2. The van der Waals surface area contributed by atoms with Crippen LogP contribution in [0.5, 0.6) is 11.5 Å². The van der Waals surface area contributed by atoms with Crippen molar-refractivity contribution in [2.75, 3.05) is 38.2 Å². The molecule has 0 radical (unpaired) electrons. The van der Waals surface area contributed by atoms with E-state index in [0.717, 1.165) is 30.2 Å². The van der Waals surface area contributed by atoms with Gasteiger partial charge in [0, 0.05) is 43.0 Å². The van der Waals surface area contributed by atoms with Gasteiger partial charge in [-0.25, -0.2) is 0 Å². The highest BCUT2D eigenvalue weighted by molar-refractivity contribution is 5.94. The Morgan fingerprint density at radius 3 is 2.20 bits per heavy atom. The summed E-state index contributed by atoms with van der Waals surface area (Å²) >= 11 is 0. The van der Waals surface area contributed by atoms with Crippen LogP contribution in [-0.4, -0.2) is 44.1 Å². The van der Waals surface area contributed by atoms with Gasteiger partial charge in [0.25, 0.3) is 5.91 Å². The summed E-state index contributed by atoms with van der Waals surface area (Å²) in [5, 5.41) is 0. The normalized spacial score (nSPS) is 13.8. The molecule has 0 saturated carbocycles. The van der Waals surface area contributed by atoms with Gasteiger partial charge in [-0.1, -0.05) is 36.4 Å². The van der Waals surface area contributed by atoms with Gasteiger partial charge in [-0.2, -0.15) is 0 Å². The number of nitrogens with zero attached hydrogens (tertiary/aromatic N) is 2. The molecule has 0 aliphatic carbocycles. The van der Waals surface area contributed by atoms with Crippen LogP contribution in [0.15, 0.2) is 78.9 Å². The second-order valence-corrected chi connectivity index (χ2v) is 7.24. The number of para-hydroxylation sites is 2. The topological polar surface area (TPSA) is 42.0 Å². The fourth-order valence-corrected chi connectivity index (χ4v) is 3.69. The minimum absolute atomic E-state index is 0.0475. The van der Waals surface area contributed by atoms with Crippen molar-refractivity contribution < 1.29 is 14.3 Å². The molecule has 0 atom stereocenters. The zero-order valence-corrected chi connectivity index (χ0v) is 17.2. The molecule has 154 valence electrons. The molecule has 3 aromatic rings. The number of hydrogen-bond acceptors (Lipinski definition) is 4. The van der Waals surface area contributed by atoms with E-state index in [-0.39, 0.29) is 5.91 Å². The maximum absolute atomic E-state index is 13.1. The molecular weight excluding hydrogens is 376 g/mol. The zero-order valence-electron chi connectivity index (χ0n) is 17.2. The molecular formula is C25H26N2O3. The largest absolute Gasteiger partial charge is 0.496 e. The molecule has 3 aromatic carbocycles. The van der Waals surface area contributed by atoms with Crippen LogP contribution in [-0.2, 0) is 6.61 Å². The number of methoxy groups -OCH3 is 1. The first-order valence-electron chi connectivity index (χ1n) is 10.2. The highest BCUT2D eigenvalue weighted by atomic mass is 16.5. The Morgan fingerprint density at radius 2 is 1.53 bits per heavy atom. The molecule has 1 saturated heterocycles. The van der Waals surface area contributed by atoms with Gasteiger partial charge in [-0.15, -0.1) is 0 Å². The summed E-state index contributed by atoms with van der Waals surface area (Å²) in [6.07, 6.45) is 0. The van der Waals surface area contributed by atoms with Gasteiger partial charge < -0.3 is 19.3 Å². The maximum atomic E-state index is 13.1. The smallest absolute Gasteiger partial charge is 0.253 e. The van der Waals surface area contributed by atoms with E-state index in [1.165, 1.54) is 5.69 Å². The van der Waals surface area contributed by atoms with Crippen molar-refractivity contribution >= 4 is 11.6 Å². The summed E-state index contributed by atoms with van der Waals surface area (Å²) in [5.74, 6) is 1.55. The van der Waals surface area contributed by atoms with Gasteiger partial charge in [0.15, 0.2) is 0 Å². The molecule has 1 heterocycles. The zero-order chi connectivity index (χ0) is 20.8. The Kier molecular flexibility index (Phi) is 6.18.